The summed E-state index contributed by atoms with van der Waals surface area (Å²) in [5.41, 5.74) is -0.0469. The first-order valence-electron chi connectivity index (χ1n) is 16.0. The smallest absolute Gasteiger partial charge is 0.242 e. The van der Waals surface area contributed by atoms with Gasteiger partial charge in [0.15, 0.2) is 28.9 Å². The van der Waals surface area contributed by atoms with Gasteiger partial charge in [-0.2, -0.15) is 0 Å². The Balaban J connectivity index is 0.000000199. The second-order valence-electron chi connectivity index (χ2n) is 13.7. The lowest BCUT2D eigenvalue weighted by Crippen LogP contribution is -2.54. The Morgan fingerprint density at radius 3 is 2.31 bits per heavy atom. The SMILES string of the molecule is CC(C)(C)NC(=O)C1NCc2ccccc21.C[C@@H](O)[C@@]12O[C@]13c1cc(O)c4c(c1N[C@H]2C#C/C=C\C#C[C@H]3O)C(=O)c1ccccc1C4=O. The molecule has 0 aromatic heterocycles. The van der Waals surface area contributed by atoms with Gasteiger partial charge in [-0.25, -0.2) is 0 Å². The summed E-state index contributed by atoms with van der Waals surface area (Å²) in [4.78, 5) is 38.8. The molecule has 3 aromatic rings. The Kier molecular flexibility index (Phi) is 7.55. The van der Waals surface area contributed by atoms with Crippen LogP contribution in [0.1, 0.15) is 82.3 Å². The number of fused-ring (bicyclic) bond motifs is 5. The van der Waals surface area contributed by atoms with Gasteiger partial charge in [0.1, 0.15) is 17.8 Å². The van der Waals surface area contributed by atoms with Crippen molar-refractivity contribution in [2.24, 2.45) is 0 Å². The predicted molar refractivity (Wildman–Crippen MR) is 181 cm³/mol. The minimum Gasteiger partial charge on any atom is -0.507 e. The van der Waals surface area contributed by atoms with Crippen molar-refractivity contribution >= 4 is 23.2 Å². The van der Waals surface area contributed by atoms with E-state index in [1.165, 1.54) is 30.7 Å². The van der Waals surface area contributed by atoms with Crippen molar-refractivity contribution in [3.05, 3.63) is 106 Å². The van der Waals surface area contributed by atoms with Gasteiger partial charge < -0.3 is 30.7 Å². The summed E-state index contributed by atoms with van der Waals surface area (Å²) >= 11 is 0. The molecule has 1 fully saturated rings. The maximum Gasteiger partial charge on any atom is 0.242 e. The molecule has 6 atom stereocenters. The number of hydrogen-bond donors (Lipinski definition) is 6. The number of aliphatic hydroxyl groups excluding tert-OH is 2. The Morgan fingerprint density at radius 2 is 1.63 bits per heavy atom. The average Bonchev–Trinajstić information content (AvgIpc) is 3.63. The molecular formula is C39H35N3O7. The highest BCUT2D eigenvalue weighted by Gasteiger charge is 2.82. The van der Waals surface area contributed by atoms with Crippen molar-refractivity contribution in [3.8, 4) is 29.4 Å². The molecule has 0 spiro atoms. The molecule has 1 amide bonds. The van der Waals surface area contributed by atoms with E-state index in [1.807, 2.05) is 39.0 Å². The first kappa shape index (κ1) is 32.3. The van der Waals surface area contributed by atoms with Crippen LogP contribution in [0.3, 0.4) is 0 Å². The Hall–Kier alpha value is -5.23. The van der Waals surface area contributed by atoms with Gasteiger partial charge in [-0.15, -0.1) is 0 Å². The van der Waals surface area contributed by atoms with E-state index in [0.717, 1.165) is 12.1 Å². The Bertz CT molecular complexity index is 2110. The Labute approximate surface area is 283 Å². The first-order chi connectivity index (χ1) is 23.3. The van der Waals surface area contributed by atoms with Crippen LogP contribution in [0, 0.1) is 23.7 Å². The van der Waals surface area contributed by atoms with Gasteiger partial charge in [-0.05, 0) is 57.0 Å². The molecule has 3 aromatic carbocycles. The normalized spacial score (nSPS) is 27.6. The Morgan fingerprint density at radius 1 is 1.00 bits per heavy atom. The largest absolute Gasteiger partial charge is 0.507 e. The van der Waals surface area contributed by atoms with Crippen LogP contribution >= 0.6 is 0 Å². The quantitative estimate of drug-likeness (QED) is 0.108. The fraction of sp³-hybridized carbons (Fsp3) is 0.308. The number of allylic oxidation sites excluding steroid dienone is 2. The second kappa shape index (κ2) is 11.4. The third-order valence-electron chi connectivity index (χ3n) is 9.49. The molecule has 2 aliphatic carbocycles. The zero-order valence-electron chi connectivity index (χ0n) is 27.3. The van der Waals surface area contributed by atoms with Gasteiger partial charge in [-0.1, -0.05) is 72.2 Å². The van der Waals surface area contributed by atoms with E-state index in [9.17, 15) is 29.7 Å². The summed E-state index contributed by atoms with van der Waals surface area (Å²) in [6, 6.07) is 14.7. The van der Waals surface area contributed by atoms with E-state index < -0.39 is 46.8 Å². The molecule has 5 aliphatic rings. The first-order valence-corrected chi connectivity index (χ1v) is 16.0. The number of phenols is 1. The lowest BCUT2D eigenvalue weighted by molar-refractivity contribution is -0.124. The van der Waals surface area contributed by atoms with Crippen LogP contribution in [-0.4, -0.2) is 62.2 Å². The van der Waals surface area contributed by atoms with Crippen LogP contribution < -0.4 is 16.0 Å². The maximum absolute atomic E-state index is 13.6. The number of aliphatic hydroxyl groups is 2. The zero-order valence-corrected chi connectivity index (χ0v) is 27.3. The summed E-state index contributed by atoms with van der Waals surface area (Å²) in [6.45, 7) is 8.27. The molecule has 10 heteroatoms. The summed E-state index contributed by atoms with van der Waals surface area (Å²) in [6.07, 6.45) is 0.511. The minimum atomic E-state index is -1.56. The van der Waals surface area contributed by atoms with E-state index in [1.54, 1.807) is 24.3 Å². The summed E-state index contributed by atoms with van der Waals surface area (Å²) in [5.74, 6) is 9.95. The number of phenolic OH excluding ortho intramolecular Hbond substituents is 1. The zero-order chi connectivity index (χ0) is 34.9. The fourth-order valence-electron chi connectivity index (χ4n) is 7.36. The number of nitrogens with one attached hydrogen (secondary N) is 3. The molecule has 1 saturated heterocycles. The van der Waals surface area contributed by atoms with Crippen LogP contribution in [0.2, 0.25) is 0 Å². The van der Waals surface area contributed by atoms with E-state index in [4.69, 9.17) is 4.74 Å². The molecule has 0 saturated carbocycles. The number of benzene rings is 3. The molecule has 8 rings (SSSR count). The third-order valence-corrected chi connectivity index (χ3v) is 9.49. The molecule has 10 nitrogen and oxygen atoms in total. The van der Waals surface area contributed by atoms with Gasteiger partial charge in [0.2, 0.25) is 5.91 Å². The molecular weight excluding hydrogens is 622 g/mol. The molecule has 248 valence electrons. The highest BCUT2D eigenvalue weighted by molar-refractivity contribution is 6.31. The third kappa shape index (κ3) is 4.87. The average molecular weight is 658 g/mol. The number of epoxide rings is 1. The standard InChI is InChI=1S/C26H17NO6.C13H18N2O/c1-13(28)25-18-10-4-2-3-5-11-19(30)26(25,33-25)16-12-17(29)20-21(22(16)27-18)24(32)15-9-7-6-8-14(15)23(20)31;1-13(2,3)15-12(16)11-10-7-5-4-6-9(10)8-14-11/h2-3,6-9,12-13,18-19,27-30H,1H3;4-7,11,14H,8H2,1-3H3,(H,15,16)/b3-2-;/t13-,18+,19-,25+,26+;/m1./s1. The second-order valence-corrected chi connectivity index (χ2v) is 13.7. The highest BCUT2D eigenvalue weighted by atomic mass is 16.7. The van der Waals surface area contributed by atoms with Crippen LogP contribution in [0.5, 0.6) is 5.75 Å². The molecule has 2 bridgehead atoms. The van der Waals surface area contributed by atoms with Crippen molar-refractivity contribution in [2.45, 2.75) is 75.3 Å². The fourth-order valence-corrected chi connectivity index (χ4v) is 7.36. The molecule has 3 heterocycles. The van der Waals surface area contributed by atoms with Crippen molar-refractivity contribution in [1.29, 1.82) is 0 Å². The predicted octanol–water partition coefficient (Wildman–Crippen LogP) is 2.99. The van der Waals surface area contributed by atoms with E-state index in [2.05, 4.69) is 45.7 Å². The van der Waals surface area contributed by atoms with Crippen LogP contribution in [0.15, 0.2) is 66.7 Å². The van der Waals surface area contributed by atoms with Crippen molar-refractivity contribution in [3.63, 3.8) is 0 Å². The van der Waals surface area contributed by atoms with Crippen molar-refractivity contribution in [1.82, 2.24) is 10.6 Å². The molecule has 0 radical (unpaired) electrons. The van der Waals surface area contributed by atoms with Gasteiger partial charge >= 0.3 is 0 Å². The van der Waals surface area contributed by atoms with E-state index in [0.29, 0.717) is 0 Å². The molecule has 1 unspecified atom stereocenters. The lowest BCUT2D eigenvalue weighted by Gasteiger charge is -2.37. The number of aromatic hydroxyl groups is 1. The van der Waals surface area contributed by atoms with Crippen molar-refractivity contribution in [2.75, 3.05) is 5.32 Å². The minimum absolute atomic E-state index is 0.0117. The summed E-state index contributed by atoms with van der Waals surface area (Å²) in [7, 11) is 0. The van der Waals surface area contributed by atoms with Crippen LogP contribution in [0.4, 0.5) is 5.69 Å². The summed E-state index contributed by atoms with van der Waals surface area (Å²) < 4.78 is 6.12. The number of hydrogen-bond acceptors (Lipinski definition) is 9. The molecule has 49 heavy (non-hydrogen) atoms. The number of anilines is 1. The molecule has 6 N–H and O–H groups in total. The number of carbonyl (C=O) groups excluding carboxylic acids is 3. The van der Waals surface area contributed by atoms with Gasteiger partial charge in [0.05, 0.1) is 22.9 Å². The number of amides is 1. The van der Waals surface area contributed by atoms with Gasteiger partial charge in [-0.3, -0.25) is 19.7 Å². The number of ether oxygens (including phenoxy) is 1. The van der Waals surface area contributed by atoms with Crippen molar-refractivity contribution < 1.29 is 34.4 Å². The highest BCUT2D eigenvalue weighted by Crippen LogP contribution is 2.67. The molecule has 3 aliphatic heterocycles. The number of rotatable bonds is 2. The van der Waals surface area contributed by atoms with Gasteiger partial charge in [0.25, 0.3) is 0 Å². The monoisotopic (exact) mass is 657 g/mol. The maximum atomic E-state index is 13.6. The van der Waals surface area contributed by atoms with E-state index >= 15 is 0 Å². The van der Waals surface area contributed by atoms with Crippen LogP contribution in [0.25, 0.3) is 0 Å². The number of carbonyl (C=O) groups is 3. The topological polar surface area (TPSA) is 161 Å². The van der Waals surface area contributed by atoms with Crippen LogP contribution in [-0.2, 0) is 21.7 Å². The lowest BCUT2D eigenvalue weighted by atomic mass is 9.69. The number of ketones is 2. The van der Waals surface area contributed by atoms with Gasteiger partial charge in [0, 0.05) is 28.8 Å². The summed E-state index contributed by atoms with van der Waals surface area (Å²) in [5, 5.41) is 42.2. The van der Waals surface area contributed by atoms with E-state index in [-0.39, 0.29) is 51.0 Å².